The molecule has 0 saturated heterocycles. The molecular weight excluding hydrogens is 316 g/mol. The Morgan fingerprint density at radius 2 is 2.19 bits per heavy atom. The molecule has 1 saturated carbocycles. The normalized spacial score (nSPS) is 17.1. The third kappa shape index (κ3) is 3.66. The molecule has 8 heteroatoms. The van der Waals surface area contributed by atoms with Crippen LogP contribution in [0, 0.1) is 5.92 Å². The monoisotopic (exact) mass is 334 g/mol. The summed E-state index contributed by atoms with van der Waals surface area (Å²) in [6, 6.07) is 1.09. The Labute approximate surface area is 129 Å². The van der Waals surface area contributed by atoms with Crippen LogP contribution in [0.1, 0.15) is 19.8 Å². The minimum absolute atomic E-state index is 0.00398. The van der Waals surface area contributed by atoms with E-state index in [1.807, 2.05) is 6.92 Å². The second kappa shape index (κ2) is 6.48. The van der Waals surface area contributed by atoms with Crippen LogP contribution in [0.2, 0.25) is 5.02 Å². The third-order valence-electron chi connectivity index (χ3n) is 3.71. The van der Waals surface area contributed by atoms with Crippen molar-refractivity contribution in [3.05, 3.63) is 27.6 Å². The van der Waals surface area contributed by atoms with Crippen molar-refractivity contribution in [2.24, 2.45) is 5.92 Å². The van der Waals surface area contributed by atoms with Gasteiger partial charge in [0.15, 0.2) is 0 Å². The van der Waals surface area contributed by atoms with Crippen LogP contribution in [0.25, 0.3) is 0 Å². The van der Waals surface area contributed by atoms with Gasteiger partial charge in [-0.25, -0.2) is 8.42 Å². The molecule has 0 radical (unpaired) electrons. The number of hydrogen-bond donors (Lipinski definition) is 1. The molecule has 2 rings (SSSR count). The third-order valence-corrected chi connectivity index (χ3v) is 5.96. The Morgan fingerprint density at radius 1 is 1.52 bits per heavy atom. The maximum absolute atomic E-state index is 12.8. The fourth-order valence-electron chi connectivity index (χ4n) is 2.26. The molecule has 0 bridgehead atoms. The second-order valence-corrected chi connectivity index (χ2v) is 7.50. The number of nitrogens with zero attached hydrogens (tertiary/aromatic N) is 1. The predicted molar refractivity (Wildman–Crippen MR) is 80.0 cm³/mol. The van der Waals surface area contributed by atoms with Gasteiger partial charge in [0.05, 0.1) is 11.5 Å². The van der Waals surface area contributed by atoms with Crippen molar-refractivity contribution < 1.29 is 13.2 Å². The van der Waals surface area contributed by atoms with Gasteiger partial charge in [0.25, 0.3) is 5.56 Å². The van der Waals surface area contributed by atoms with E-state index in [4.69, 9.17) is 16.3 Å². The lowest BCUT2D eigenvalue weighted by Gasteiger charge is -2.28. The van der Waals surface area contributed by atoms with Gasteiger partial charge >= 0.3 is 0 Å². The van der Waals surface area contributed by atoms with Crippen LogP contribution in [0.15, 0.2) is 22.0 Å². The zero-order chi connectivity index (χ0) is 15.6. The number of H-pyrrole nitrogens is 1. The molecule has 21 heavy (non-hydrogen) atoms. The molecule has 1 unspecified atom stereocenters. The number of sulfonamides is 1. The summed E-state index contributed by atoms with van der Waals surface area (Å²) < 4.78 is 32.0. The lowest BCUT2D eigenvalue weighted by Crippen LogP contribution is -2.42. The number of nitrogens with one attached hydrogen (secondary N) is 1. The Kier molecular flexibility index (Phi) is 5.08. The molecule has 0 aliphatic heterocycles. The zero-order valence-corrected chi connectivity index (χ0v) is 13.6. The van der Waals surface area contributed by atoms with Crippen LogP contribution in [-0.4, -0.2) is 44.0 Å². The number of ether oxygens (including phenoxy) is 1. The fraction of sp³-hybridized carbons (Fsp3) is 0.615. The summed E-state index contributed by atoms with van der Waals surface area (Å²) in [6.07, 6.45) is 3.25. The van der Waals surface area contributed by atoms with Crippen molar-refractivity contribution >= 4 is 21.6 Å². The van der Waals surface area contributed by atoms with E-state index in [0.29, 0.717) is 12.5 Å². The average molecular weight is 335 g/mol. The standard InChI is InChI=1S/C13H19ClN2O4S/c1-9(10-3-4-10)16(5-6-20-2)21(18,19)11-7-12(14)13(17)15-8-11/h7-10H,3-6H2,1-2H3,(H,15,17). The summed E-state index contributed by atoms with van der Waals surface area (Å²) in [5.74, 6) is 0.384. The van der Waals surface area contributed by atoms with Crippen molar-refractivity contribution in [3.63, 3.8) is 0 Å². The molecule has 0 amide bonds. The molecule has 1 N–H and O–H groups in total. The van der Waals surface area contributed by atoms with Gasteiger partial charge in [0.2, 0.25) is 10.0 Å². The van der Waals surface area contributed by atoms with Gasteiger partial charge in [0, 0.05) is 25.9 Å². The Bertz CT molecular complexity index is 654. The molecule has 1 aromatic rings. The molecule has 118 valence electrons. The predicted octanol–water partition coefficient (Wildman–Crippen LogP) is 1.46. The van der Waals surface area contributed by atoms with Gasteiger partial charge in [-0.05, 0) is 31.7 Å². The summed E-state index contributed by atoms with van der Waals surface area (Å²) in [5.41, 5.74) is -0.505. The van der Waals surface area contributed by atoms with Crippen LogP contribution in [0.5, 0.6) is 0 Å². The highest BCUT2D eigenvalue weighted by molar-refractivity contribution is 7.89. The molecule has 1 atom stereocenters. The molecule has 1 heterocycles. The minimum atomic E-state index is -3.72. The quantitative estimate of drug-likeness (QED) is 0.818. The van der Waals surface area contributed by atoms with Gasteiger partial charge in [-0.2, -0.15) is 4.31 Å². The summed E-state index contributed by atoms with van der Waals surface area (Å²) in [7, 11) is -2.19. The van der Waals surface area contributed by atoms with E-state index in [1.165, 1.54) is 23.7 Å². The maximum atomic E-state index is 12.8. The van der Waals surface area contributed by atoms with Crippen molar-refractivity contribution in [2.75, 3.05) is 20.3 Å². The van der Waals surface area contributed by atoms with E-state index >= 15 is 0 Å². The van der Waals surface area contributed by atoms with Crippen LogP contribution in [0.3, 0.4) is 0 Å². The first-order valence-corrected chi connectivity index (χ1v) is 8.58. The minimum Gasteiger partial charge on any atom is -0.383 e. The van der Waals surface area contributed by atoms with E-state index in [-0.39, 0.29) is 22.5 Å². The van der Waals surface area contributed by atoms with Crippen LogP contribution in [0.4, 0.5) is 0 Å². The van der Waals surface area contributed by atoms with E-state index in [2.05, 4.69) is 4.98 Å². The van der Waals surface area contributed by atoms with Crippen LogP contribution in [-0.2, 0) is 14.8 Å². The number of methoxy groups -OCH3 is 1. The Hall–Kier alpha value is -0.890. The summed E-state index contributed by atoms with van der Waals surface area (Å²) in [6.45, 7) is 2.48. The topological polar surface area (TPSA) is 79.5 Å². The molecule has 6 nitrogen and oxygen atoms in total. The van der Waals surface area contributed by atoms with E-state index in [0.717, 1.165) is 12.8 Å². The number of aromatic nitrogens is 1. The number of pyridine rings is 1. The van der Waals surface area contributed by atoms with Gasteiger partial charge in [-0.1, -0.05) is 11.6 Å². The van der Waals surface area contributed by atoms with Crippen LogP contribution >= 0.6 is 11.6 Å². The van der Waals surface area contributed by atoms with Gasteiger partial charge < -0.3 is 9.72 Å². The number of hydrogen-bond acceptors (Lipinski definition) is 4. The highest BCUT2D eigenvalue weighted by atomic mass is 35.5. The number of rotatable bonds is 7. The molecular formula is C13H19ClN2O4S. The molecule has 0 spiro atoms. The summed E-state index contributed by atoms with van der Waals surface area (Å²) in [4.78, 5) is 13.6. The Morgan fingerprint density at radius 3 is 2.71 bits per heavy atom. The van der Waals surface area contributed by atoms with Crippen molar-refractivity contribution in [2.45, 2.75) is 30.7 Å². The SMILES string of the molecule is COCCN(C(C)C1CC1)S(=O)(=O)c1c[nH]c(=O)c(Cl)c1. The average Bonchev–Trinajstić information content (AvgIpc) is 3.26. The van der Waals surface area contributed by atoms with Crippen molar-refractivity contribution in [1.82, 2.24) is 9.29 Å². The highest BCUT2D eigenvalue weighted by Crippen LogP contribution is 2.37. The van der Waals surface area contributed by atoms with E-state index in [1.54, 1.807) is 0 Å². The Balaban J connectivity index is 2.35. The number of halogens is 1. The first-order chi connectivity index (χ1) is 9.87. The zero-order valence-electron chi connectivity index (χ0n) is 12.0. The molecule has 1 fully saturated rings. The van der Waals surface area contributed by atoms with E-state index < -0.39 is 15.6 Å². The maximum Gasteiger partial charge on any atom is 0.266 e. The van der Waals surface area contributed by atoms with Gasteiger partial charge in [-0.15, -0.1) is 0 Å². The smallest absolute Gasteiger partial charge is 0.266 e. The number of aromatic amines is 1. The van der Waals surface area contributed by atoms with Gasteiger partial charge in [-0.3, -0.25) is 4.79 Å². The van der Waals surface area contributed by atoms with Crippen molar-refractivity contribution in [1.29, 1.82) is 0 Å². The fourth-order valence-corrected chi connectivity index (χ4v) is 4.17. The lowest BCUT2D eigenvalue weighted by molar-refractivity contribution is 0.164. The van der Waals surface area contributed by atoms with E-state index in [9.17, 15) is 13.2 Å². The highest BCUT2D eigenvalue weighted by Gasteiger charge is 2.38. The van der Waals surface area contributed by atoms with Gasteiger partial charge in [0.1, 0.15) is 5.02 Å². The molecule has 1 aromatic heterocycles. The molecule has 1 aliphatic carbocycles. The summed E-state index contributed by atoms with van der Waals surface area (Å²) >= 11 is 5.73. The molecule has 1 aliphatic rings. The lowest BCUT2D eigenvalue weighted by atomic mass is 10.2. The second-order valence-electron chi connectivity index (χ2n) is 5.20. The van der Waals surface area contributed by atoms with Crippen molar-refractivity contribution in [3.8, 4) is 0 Å². The van der Waals surface area contributed by atoms with Crippen LogP contribution < -0.4 is 5.56 Å². The largest absolute Gasteiger partial charge is 0.383 e. The molecule has 0 aromatic carbocycles. The first kappa shape index (κ1) is 16.5. The first-order valence-electron chi connectivity index (χ1n) is 6.77. The summed E-state index contributed by atoms with van der Waals surface area (Å²) in [5, 5.41) is -0.137.